The van der Waals surface area contributed by atoms with Gasteiger partial charge in [0.25, 0.3) is 17.4 Å². The van der Waals surface area contributed by atoms with Gasteiger partial charge in [0.1, 0.15) is 5.56 Å². The molecule has 1 heterocycles. The highest BCUT2D eigenvalue weighted by Gasteiger charge is 2.16. The van der Waals surface area contributed by atoms with Gasteiger partial charge in [0.2, 0.25) is 0 Å². The number of hydrogen-bond acceptors (Lipinski definition) is 4. The first-order valence-corrected chi connectivity index (χ1v) is 7.96. The number of rotatable bonds is 7. The van der Waals surface area contributed by atoms with Crippen molar-refractivity contribution >= 4 is 11.8 Å². The van der Waals surface area contributed by atoms with Gasteiger partial charge in [0.05, 0.1) is 12.1 Å². The van der Waals surface area contributed by atoms with E-state index >= 15 is 0 Å². The molecule has 7 heteroatoms. The Labute approximate surface area is 145 Å². The summed E-state index contributed by atoms with van der Waals surface area (Å²) in [4.78, 5) is 36.8. The van der Waals surface area contributed by atoms with Crippen LogP contribution >= 0.6 is 0 Å². The van der Waals surface area contributed by atoms with Gasteiger partial charge in [-0.2, -0.15) is 0 Å². The Balaban J connectivity index is 2.39. The first kappa shape index (κ1) is 18.4. The van der Waals surface area contributed by atoms with Crippen LogP contribution in [-0.4, -0.2) is 41.7 Å². The van der Waals surface area contributed by atoms with E-state index in [1.165, 1.54) is 23.9 Å². The molecule has 25 heavy (non-hydrogen) atoms. The second kappa shape index (κ2) is 8.79. The number of carbonyl (C=O) groups excluding carboxylic acids is 2. The maximum absolute atomic E-state index is 12.5. The van der Waals surface area contributed by atoms with Crippen LogP contribution < -0.4 is 16.2 Å². The monoisotopic (exact) mass is 343 g/mol. The Morgan fingerprint density at radius 2 is 1.88 bits per heavy atom. The average Bonchev–Trinajstić information content (AvgIpc) is 2.63. The number of carbonyl (C=O) groups is 2. The number of amides is 2. The van der Waals surface area contributed by atoms with Crippen molar-refractivity contribution in [2.75, 3.05) is 20.2 Å². The van der Waals surface area contributed by atoms with Gasteiger partial charge in [0, 0.05) is 26.4 Å². The summed E-state index contributed by atoms with van der Waals surface area (Å²) in [6, 6.07) is 10.6. The first-order chi connectivity index (χ1) is 12.1. The number of pyridine rings is 1. The summed E-state index contributed by atoms with van der Waals surface area (Å²) < 4.78 is 1.35. The van der Waals surface area contributed by atoms with Crippen LogP contribution in [-0.2, 0) is 6.54 Å². The van der Waals surface area contributed by atoms with E-state index in [9.17, 15) is 14.4 Å². The van der Waals surface area contributed by atoms with Gasteiger partial charge in [-0.25, -0.2) is 0 Å². The van der Waals surface area contributed by atoms with Gasteiger partial charge < -0.3 is 20.3 Å². The summed E-state index contributed by atoms with van der Waals surface area (Å²) in [5.41, 5.74) is 0.542. The molecule has 132 valence electrons. The number of benzene rings is 1. The van der Waals surface area contributed by atoms with Crippen molar-refractivity contribution in [1.82, 2.24) is 15.2 Å². The minimum atomic E-state index is -0.545. The zero-order valence-corrected chi connectivity index (χ0v) is 14.0. The summed E-state index contributed by atoms with van der Waals surface area (Å²) >= 11 is 0. The Hall–Kier alpha value is -2.93. The molecule has 0 fully saturated rings. The van der Waals surface area contributed by atoms with E-state index in [0.717, 1.165) is 5.56 Å². The maximum Gasteiger partial charge on any atom is 0.263 e. The molecule has 0 aliphatic carbocycles. The fourth-order valence-corrected chi connectivity index (χ4v) is 2.34. The van der Waals surface area contributed by atoms with E-state index in [0.29, 0.717) is 13.0 Å². The maximum atomic E-state index is 12.5. The molecule has 0 aliphatic heterocycles. The second-order valence-electron chi connectivity index (χ2n) is 5.47. The lowest BCUT2D eigenvalue weighted by Gasteiger charge is -2.12. The molecule has 1 aromatic carbocycles. The van der Waals surface area contributed by atoms with Crippen molar-refractivity contribution in [2.24, 2.45) is 0 Å². The summed E-state index contributed by atoms with van der Waals surface area (Å²) in [6.45, 7) is 0.529. The van der Waals surface area contributed by atoms with Crippen molar-refractivity contribution in [2.45, 2.75) is 13.0 Å². The highest BCUT2D eigenvalue weighted by molar-refractivity contribution is 5.99. The number of nitrogens with zero attached hydrogens (tertiary/aromatic N) is 1. The van der Waals surface area contributed by atoms with Gasteiger partial charge in [-0.1, -0.05) is 30.3 Å². The van der Waals surface area contributed by atoms with E-state index in [4.69, 9.17) is 5.11 Å². The van der Waals surface area contributed by atoms with Crippen molar-refractivity contribution in [3.8, 4) is 0 Å². The fraction of sp³-hybridized carbons (Fsp3) is 0.278. The van der Waals surface area contributed by atoms with E-state index < -0.39 is 17.4 Å². The summed E-state index contributed by atoms with van der Waals surface area (Å²) in [5.74, 6) is -0.947. The van der Waals surface area contributed by atoms with Gasteiger partial charge >= 0.3 is 0 Å². The van der Waals surface area contributed by atoms with Crippen molar-refractivity contribution < 1.29 is 14.7 Å². The van der Waals surface area contributed by atoms with Gasteiger partial charge in [-0.15, -0.1) is 0 Å². The smallest absolute Gasteiger partial charge is 0.263 e. The lowest BCUT2D eigenvalue weighted by molar-refractivity contribution is 0.0950. The predicted octanol–water partition coefficient (Wildman–Crippen LogP) is 0.368. The summed E-state index contributed by atoms with van der Waals surface area (Å²) in [6.07, 6.45) is 1.87. The molecule has 1 aromatic heterocycles. The highest BCUT2D eigenvalue weighted by atomic mass is 16.3. The second-order valence-corrected chi connectivity index (χ2v) is 5.47. The molecule has 2 rings (SSSR count). The Bertz CT molecular complexity index is 800. The van der Waals surface area contributed by atoms with Gasteiger partial charge in [-0.05, 0) is 18.1 Å². The SMILES string of the molecule is CNC(=O)c1cc(C(=O)NCCCO)cn(Cc2ccccc2)c1=O. The predicted molar refractivity (Wildman–Crippen MR) is 93.7 cm³/mol. The molecule has 0 atom stereocenters. The van der Waals surface area contributed by atoms with Crippen LogP contribution in [0.3, 0.4) is 0 Å². The van der Waals surface area contributed by atoms with Crippen LogP contribution in [0.5, 0.6) is 0 Å². The Morgan fingerprint density at radius 3 is 2.52 bits per heavy atom. The molecule has 3 N–H and O–H groups in total. The molecule has 2 aromatic rings. The molecular weight excluding hydrogens is 322 g/mol. The zero-order valence-electron chi connectivity index (χ0n) is 14.0. The van der Waals surface area contributed by atoms with Crippen molar-refractivity contribution in [3.05, 3.63) is 69.6 Å². The first-order valence-electron chi connectivity index (χ1n) is 7.96. The average molecular weight is 343 g/mol. The number of aromatic nitrogens is 1. The molecule has 0 saturated heterocycles. The van der Waals surface area contributed by atoms with Crippen molar-refractivity contribution in [1.29, 1.82) is 0 Å². The summed E-state index contributed by atoms with van der Waals surface area (Å²) in [7, 11) is 1.43. The lowest BCUT2D eigenvalue weighted by atomic mass is 10.1. The van der Waals surface area contributed by atoms with E-state index in [1.807, 2.05) is 30.3 Å². The molecule has 7 nitrogen and oxygen atoms in total. The molecule has 0 saturated carbocycles. The molecule has 2 amide bonds. The number of aliphatic hydroxyl groups excluding tert-OH is 1. The third-order valence-electron chi connectivity index (χ3n) is 3.64. The van der Waals surface area contributed by atoms with Crippen LogP contribution in [0.15, 0.2) is 47.4 Å². The van der Waals surface area contributed by atoms with E-state index in [-0.39, 0.29) is 24.3 Å². The molecule has 0 bridgehead atoms. The zero-order chi connectivity index (χ0) is 18.2. The molecule has 0 radical (unpaired) electrons. The minimum absolute atomic E-state index is 0.0305. The minimum Gasteiger partial charge on any atom is -0.396 e. The third-order valence-corrected chi connectivity index (χ3v) is 3.64. The van der Waals surface area contributed by atoms with Gasteiger partial charge in [0.15, 0.2) is 0 Å². The molecule has 0 spiro atoms. The standard InChI is InChI=1S/C18H21N3O4/c1-19-17(24)15-10-14(16(23)20-8-5-9-22)12-21(18(15)25)11-13-6-3-2-4-7-13/h2-4,6-7,10,12,22H,5,8-9,11H2,1H3,(H,19,24)(H,20,23). The molecular formula is C18H21N3O4. The quantitative estimate of drug-likeness (QED) is 0.632. The molecule has 0 unspecified atom stereocenters. The highest BCUT2D eigenvalue weighted by Crippen LogP contribution is 2.06. The normalized spacial score (nSPS) is 10.3. The number of hydrogen-bond donors (Lipinski definition) is 3. The third kappa shape index (κ3) is 4.77. The van der Waals surface area contributed by atoms with Crippen LogP contribution in [0.4, 0.5) is 0 Å². The van der Waals surface area contributed by atoms with Crippen LogP contribution in [0, 0.1) is 0 Å². The van der Waals surface area contributed by atoms with E-state index in [1.54, 1.807) is 0 Å². The summed E-state index contributed by atoms with van der Waals surface area (Å²) in [5, 5.41) is 13.9. The lowest BCUT2D eigenvalue weighted by Crippen LogP contribution is -2.34. The van der Waals surface area contributed by atoms with Crippen molar-refractivity contribution in [3.63, 3.8) is 0 Å². The Kier molecular flexibility index (Phi) is 6.47. The van der Waals surface area contributed by atoms with E-state index in [2.05, 4.69) is 10.6 Å². The van der Waals surface area contributed by atoms with Crippen LogP contribution in [0.1, 0.15) is 32.7 Å². The largest absolute Gasteiger partial charge is 0.396 e. The fourth-order valence-electron chi connectivity index (χ4n) is 2.34. The van der Waals surface area contributed by atoms with Crippen LogP contribution in [0.2, 0.25) is 0 Å². The number of aliphatic hydroxyl groups is 1. The number of nitrogens with one attached hydrogen (secondary N) is 2. The Morgan fingerprint density at radius 1 is 1.16 bits per heavy atom. The molecule has 0 aliphatic rings. The topological polar surface area (TPSA) is 100 Å². The van der Waals surface area contributed by atoms with Crippen LogP contribution in [0.25, 0.3) is 0 Å². The van der Waals surface area contributed by atoms with Gasteiger partial charge in [-0.3, -0.25) is 14.4 Å².